The molecule has 160 valence electrons. The van der Waals surface area contributed by atoms with E-state index in [1.807, 2.05) is 12.1 Å². The van der Waals surface area contributed by atoms with Crippen molar-refractivity contribution >= 4 is 35.0 Å². The minimum atomic E-state index is -0.687. The fraction of sp³-hybridized carbons (Fsp3) is 0.174. The van der Waals surface area contributed by atoms with Gasteiger partial charge in [0.2, 0.25) is 0 Å². The number of hydrogen-bond acceptors (Lipinski definition) is 5. The Morgan fingerprint density at radius 2 is 1.90 bits per heavy atom. The molecule has 0 aliphatic rings. The number of nitrogens with zero attached hydrogens (tertiary/aromatic N) is 1. The monoisotopic (exact) mass is 461 g/mol. The molecule has 0 aliphatic carbocycles. The first-order valence-corrected chi connectivity index (χ1v) is 10.2. The molecule has 0 saturated heterocycles. The normalized spacial score (nSPS) is 10.6. The average molecular weight is 462 g/mol. The lowest BCUT2D eigenvalue weighted by Gasteiger charge is -2.10. The Balaban J connectivity index is 1.75. The fourth-order valence-corrected chi connectivity index (χ4v) is 3.32. The highest BCUT2D eigenvalue weighted by Gasteiger charge is 2.13. The van der Waals surface area contributed by atoms with Gasteiger partial charge in [0, 0.05) is 24.2 Å². The lowest BCUT2D eigenvalue weighted by Crippen LogP contribution is -2.13. The molecule has 0 amide bonds. The van der Waals surface area contributed by atoms with E-state index in [0.29, 0.717) is 16.3 Å². The molecule has 5 nitrogen and oxygen atoms in total. The molecule has 1 heterocycles. The van der Waals surface area contributed by atoms with E-state index in [2.05, 4.69) is 4.98 Å². The van der Waals surface area contributed by atoms with Gasteiger partial charge in [-0.05, 0) is 36.2 Å². The molecule has 0 fully saturated rings. The van der Waals surface area contributed by atoms with Crippen LogP contribution in [0.1, 0.15) is 18.9 Å². The lowest BCUT2D eigenvalue weighted by molar-refractivity contribution is -0.145. The molecule has 3 rings (SSSR count). The summed E-state index contributed by atoms with van der Waals surface area (Å²) in [5, 5.41) is 0.542. The van der Waals surface area contributed by atoms with Crippen molar-refractivity contribution in [3.63, 3.8) is 0 Å². The number of pyridine rings is 1. The number of ketones is 1. The summed E-state index contributed by atoms with van der Waals surface area (Å²) in [6.45, 7) is 1.93. The first-order chi connectivity index (χ1) is 14.9. The minimum absolute atomic E-state index is 0.104. The second-order valence-electron chi connectivity index (χ2n) is 6.58. The summed E-state index contributed by atoms with van der Waals surface area (Å²) >= 11 is 12.1. The van der Waals surface area contributed by atoms with Crippen LogP contribution in [0, 0.1) is 5.82 Å². The van der Waals surface area contributed by atoms with E-state index in [1.165, 1.54) is 6.20 Å². The van der Waals surface area contributed by atoms with Crippen LogP contribution in [0.15, 0.2) is 54.7 Å². The van der Waals surface area contributed by atoms with E-state index in [9.17, 15) is 14.0 Å². The molecule has 1 aromatic heterocycles. The number of carbonyl (C=O) groups is 2. The van der Waals surface area contributed by atoms with Gasteiger partial charge >= 0.3 is 5.97 Å². The molecular weight excluding hydrogens is 444 g/mol. The van der Waals surface area contributed by atoms with E-state index < -0.39 is 11.8 Å². The maximum atomic E-state index is 13.9. The van der Waals surface area contributed by atoms with Crippen LogP contribution in [-0.2, 0) is 20.7 Å². The van der Waals surface area contributed by atoms with Gasteiger partial charge < -0.3 is 9.47 Å². The molecule has 0 N–H and O–H groups in total. The number of hydrogen-bond donors (Lipinski definition) is 0. The van der Waals surface area contributed by atoms with Crippen LogP contribution in [-0.4, -0.2) is 23.3 Å². The second-order valence-corrected chi connectivity index (χ2v) is 7.43. The Labute approximate surface area is 188 Å². The number of ether oxygens (including phenoxy) is 2. The standard InChI is InChI=1S/C23H18Cl2FNO4/c1-2-30-22(29)11-17(28)9-14-4-3-5-15(8-14)19-7-6-18(12-20(19)25)31-23-21(26)10-16(24)13-27-23/h3-8,10,12-13H,2,9,11H2,1H3. The summed E-state index contributed by atoms with van der Waals surface area (Å²) in [5.74, 6) is -1.36. The number of halogens is 3. The maximum absolute atomic E-state index is 13.9. The van der Waals surface area contributed by atoms with Crippen LogP contribution in [0.25, 0.3) is 11.1 Å². The van der Waals surface area contributed by atoms with Crippen molar-refractivity contribution in [2.45, 2.75) is 19.8 Å². The van der Waals surface area contributed by atoms with Crippen LogP contribution in [0.5, 0.6) is 11.6 Å². The third-order valence-corrected chi connectivity index (χ3v) is 4.73. The lowest BCUT2D eigenvalue weighted by atomic mass is 10.00. The summed E-state index contributed by atoms with van der Waals surface area (Å²) in [5.41, 5.74) is 2.24. The van der Waals surface area contributed by atoms with Crippen LogP contribution in [0.2, 0.25) is 10.0 Å². The molecular formula is C23H18Cl2FNO4. The predicted molar refractivity (Wildman–Crippen MR) is 116 cm³/mol. The smallest absolute Gasteiger partial charge is 0.313 e. The van der Waals surface area contributed by atoms with E-state index in [1.54, 1.807) is 37.3 Å². The molecule has 0 radical (unpaired) electrons. The van der Waals surface area contributed by atoms with Gasteiger partial charge in [-0.1, -0.05) is 47.5 Å². The number of rotatable bonds is 8. The molecule has 3 aromatic rings. The Bertz CT molecular complexity index is 1120. The molecule has 0 bridgehead atoms. The van der Waals surface area contributed by atoms with Crippen LogP contribution < -0.4 is 4.74 Å². The Morgan fingerprint density at radius 3 is 2.61 bits per heavy atom. The van der Waals surface area contributed by atoms with Gasteiger partial charge in [-0.25, -0.2) is 9.37 Å². The van der Waals surface area contributed by atoms with Crippen LogP contribution in [0.4, 0.5) is 4.39 Å². The van der Waals surface area contributed by atoms with E-state index >= 15 is 0 Å². The summed E-state index contributed by atoms with van der Waals surface area (Å²) in [6, 6.07) is 13.3. The van der Waals surface area contributed by atoms with Crippen LogP contribution in [0.3, 0.4) is 0 Å². The number of Topliss-reactive ketones (excluding diaryl/α,β-unsaturated/α-hetero) is 1. The van der Waals surface area contributed by atoms with Gasteiger partial charge in [0.25, 0.3) is 5.88 Å². The van der Waals surface area contributed by atoms with Gasteiger partial charge in [-0.15, -0.1) is 0 Å². The number of esters is 1. The summed E-state index contributed by atoms with van der Waals surface area (Å²) in [7, 11) is 0. The SMILES string of the molecule is CCOC(=O)CC(=O)Cc1cccc(-c2ccc(Oc3ncc(Cl)cc3F)cc2Cl)c1. The van der Waals surface area contributed by atoms with Crippen molar-refractivity contribution in [2.24, 2.45) is 0 Å². The molecule has 8 heteroatoms. The van der Waals surface area contributed by atoms with Gasteiger partial charge in [0.15, 0.2) is 5.82 Å². The summed E-state index contributed by atoms with van der Waals surface area (Å²) in [6.07, 6.45) is 1.12. The Kier molecular flexibility index (Phi) is 7.60. The number of benzene rings is 2. The third kappa shape index (κ3) is 6.26. The zero-order valence-electron chi connectivity index (χ0n) is 16.5. The molecule has 2 aromatic carbocycles. The predicted octanol–water partition coefficient (Wildman–Crippen LogP) is 6.05. The summed E-state index contributed by atoms with van der Waals surface area (Å²) < 4.78 is 24.1. The largest absolute Gasteiger partial charge is 0.466 e. The van der Waals surface area contributed by atoms with Crippen LogP contribution >= 0.6 is 23.2 Å². The quantitative estimate of drug-likeness (QED) is 0.301. The van der Waals surface area contributed by atoms with Crippen molar-refractivity contribution in [3.8, 4) is 22.8 Å². The first kappa shape index (κ1) is 22.7. The third-order valence-electron chi connectivity index (χ3n) is 4.22. The zero-order chi connectivity index (χ0) is 22.4. The summed E-state index contributed by atoms with van der Waals surface area (Å²) in [4.78, 5) is 27.4. The second kappa shape index (κ2) is 10.4. The highest BCUT2D eigenvalue weighted by Crippen LogP contribution is 2.33. The Hall–Kier alpha value is -2.96. The zero-order valence-corrected chi connectivity index (χ0v) is 18.0. The molecule has 0 aliphatic heterocycles. The molecule has 0 unspecified atom stereocenters. The molecule has 0 saturated carbocycles. The molecule has 0 atom stereocenters. The van der Waals surface area contributed by atoms with Crippen molar-refractivity contribution in [3.05, 3.63) is 76.2 Å². The average Bonchev–Trinajstić information content (AvgIpc) is 2.70. The van der Waals surface area contributed by atoms with Crippen molar-refractivity contribution < 1.29 is 23.5 Å². The fourth-order valence-electron chi connectivity index (χ4n) is 2.89. The molecule has 31 heavy (non-hydrogen) atoms. The highest BCUT2D eigenvalue weighted by molar-refractivity contribution is 6.33. The Morgan fingerprint density at radius 1 is 1.10 bits per heavy atom. The highest BCUT2D eigenvalue weighted by atomic mass is 35.5. The topological polar surface area (TPSA) is 65.5 Å². The van der Waals surface area contributed by atoms with E-state index in [4.69, 9.17) is 32.7 Å². The first-order valence-electron chi connectivity index (χ1n) is 9.40. The van der Waals surface area contributed by atoms with E-state index in [0.717, 1.165) is 17.2 Å². The minimum Gasteiger partial charge on any atom is -0.466 e. The van der Waals surface area contributed by atoms with E-state index in [-0.39, 0.29) is 36.1 Å². The van der Waals surface area contributed by atoms with Crippen molar-refractivity contribution in [1.29, 1.82) is 0 Å². The number of carbonyl (C=O) groups excluding carboxylic acids is 2. The van der Waals surface area contributed by atoms with Gasteiger partial charge in [-0.3, -0.25) is 9.59 Å². The van der Waals surface area contributed by atoms with Gasteiger partial charge in [0.1, 0.15) is 18.0 Å². The van der Waals surface area contributed by atoms with Gasteiger partial charge in [-0.2, -0.15) is 0 Å². The maximum Gasteiger partial charge on any atom is 0.313 e. The molecule has 0 spiro atoms. The van der Waals surface area contributed by atoms with Crippen molar-refractivity contribution in [1.82, 2.24) is 4.98 Å². The number of aromatic nitrogens is 1. The van der Waals surface area contributed by atoms with Gasteiger partial charge in [0.05, 0.1) is 16.7 Å². The van der Waals surface area contributed by atoms with Crippen molar-refractivity contribution in [2.75, 3.05) is 6.61 Å².